The zero-order valence-corrected chi connectivity index (χ0v) is 12.8. The second kappa shape index (κ2) is 7.93. The van der Waals surface area contributed by atoms with Gasteiger partial charge in [-0.3, -0.25) is 0 Å². The molecule has 3 heteroatoms. The summed E-state index contributed by atoms with van der Waals surface area (Å²) in [5.41, 5.74) is 2.61. The molecule has 1 aromatic rings. The number of nitrogens with one attached hydrogen (secondary N) is 1. The van der Waals surface area contributed by atoms with Crippen LogP contribution in [0, 0.1) is 0 Å². The van der Waals surface area contributed by atoms with Crippen LogP contribution in [0.25, 0.3) is 0 Å². The zero-order valence-electron chi connectivity index (χ0n) is 12.0. The van der Waals surface area contributed by atoms with E-state index in [0.29, 0.717) is 12.6 Å². The Morgan fingerprint density at radius 1 is 1.21 bits per heavy atom. The lowest BCUT2D eigenvalue weighted by molar-refractivity contribution is 0.185. The molecule has 0 aromatic heterocycles. The number of hydrogen-bond acceptors (Lipinski definition) is 3. The van der Waals surface area contributed by atoms with Crippen LogP contribution < -0.4 is 5.32 Å². The molecule has 2 unspecified atom stereocenters. The minimum atomic E-state index is 0.698. The van der Waals surface area contributed by atoms with Crippen molar-refractivity contribution < 1.29 is 4.74 Å². The molecule has 0 amide bonds. The summed E-state index contributed by atoms with van der Waals surface area (Å²) < 4.78 is 5.13. The predicted octanol–water partition coefficient (Wildman–Crippen LogP) is 3.60. The topological polar surface area (TPSA) is 21.3 Å². The summed E-state index contributed by atoms with van der Waals surface area (Å²) >= 11 is 2.11. The fourth-order valence-corrected chi connectivity index (χ4v) is 3.97. The average Bonchev–Trinajstić information content (AvgIpc) is 2.86. The normalized spacial score (nSPS) is 22.8. The van der Waals surface area contributed by atoms with Gasteiger partial charge in [0.05, 0.1) is 6.61 Å². The van der Waals surface area contributed by atoms with Crippen molar-refractivity contribution in [3.05, 3.63) is 35.4 Å². The van der Waals surface area contributed by atoms with Crippen LogP contribution in [-0.2, 0) is 17.9 Å². The summed E-state index contributed by atoms with van der Waals surface area (Å²) in [6.07, 6.45) is 4.09. The van der Waals surface area contributed by atoms with Crippen LogP contribution in [0.1, 0.15) is 37.3 Å². The number of ether oxygens (including phenoxy) is 1. The standard InChI is InChI=1S/C16H25NOS/c1-3-19-16-6-4-5-15(16)17-11-13-7-9-14(10-8-13)12-18-2/h7-10,15-17H,3-6,11-12H2,1-2H3. The van der Waals surface area contributed by atoms with Gasteiger partial charge in [-0.25, -0.2) is 0 Å². The van der Waals surface area contributed by atoms with Crippen molar-refractivity contribution >= 4 is 11.8 Å². The van der Waals surface area contributed by atoms with E-state index >= 15 is 0 Å². The van der Waals surface area contributed by atoms with Gasteiger partial charge in [0.2, 0.25) is 0 Å². The van der Waals surface area contributed by atoms with E-state index in [2.05, 4.69) is 48.3 Å². The molecular formula is C16H25NOS. The monoisotopic (exact) mass is 279 g/mol. The summed E-state index contributed by atoms with van der Waals surface area (Å²) in [5, 5.41) is 4.55. The highest BCUT2D eigenvalue weighted by Crippen LogP contribution is 2.30. The SMILES string of the molecule is CCSC1CCCC1NCc1ccc(COC)cc1. The molecule has 0 spiro atoms. The number of methoxy groups -OCH3 is 1. The maximum atomic E-state index is 5.13. The van der Waals surface area contributed by atoms with Crippen molar-refractivity contribution in [2.75, 3.05) is 12.9 Å². The van der Waals surface area contributed by atoms with Crippen LogP contribution in [0.3, 0.4) is 0 Å². The molecule has 1 aromatic carbocycles. The van der Waals surface area contributed by atoms with Crippen molar-refractivity contribution in [1.82, 2.24) is 5.32 Å². The Balaban J connectivity index is 1.81. The van der Waals surface area contributed by atoms with Crippen molar-refractivity contribution in [2.45, 2.75) is 50.6 Å². The molecule has 1 fully saturated rings. The summed E-state index contributed by atoms with van der Waals surface area (Å²) in [7, 11) is 1.74. The van der Waals surface area contributed by atoms with E-state index in [1.165, 1.54) is 36.1 Å². The molecule has 1 aliphatic carbocycles. The maximum absolute atomic E-state index is 5.13. The van der Waals surface area contributed by atoms with Gasteiger partial charge in [-0.05, 0) is 29.7 Å². The number of thioether (sulfide) groups is 1. The van der Waals surface area contributed by atoms with Crippen LogP contribution in [-0.4, -0.2) is 24.2 Å². The van der Waals surface area contributed by atoms with Gasteiger partial charge in [0.1, 0.15) is 0 Å². The Hall–Kier alpha value is -0.510. The molecular weight excluding hydrogens is 254 g/mol. The van der Waals surface area contributed by atoms with E-state index in [-0.39, 0.29) is 0 Å². The Kier molecular flexibility index (Phi) is 6.21. The van der Waals surface area contributed by atoms with Crippen LogP contribution in [0.5, 0.6) is 0 Å². The van der Waals surface area contributed by atoms with E-state index in [9.17, 15) is 0 Å². The third kappa shape index (κ3) is 4.51. The summed E-state index contributed by atoms with van der Waals surface area (Å²) in [4.78, 5) is 0. The third-order valence-electron chi connectivity index (χ3n) is 3.74. The fourth-order valence-electron chi connectivity index (χ4n) is 2.74. The molecule has 19 heavy (non-hydrogen) atoms. The summed E-state index contributed by atoms with van der Waals surface area (Å²) in [5.74, 6) is 1.23. The number of hydrogen-bond donors (Lipinski definition) is 1. The molecule has 0 bridgehead atoms. The molecule has 2 nitrogen and oxygen atoms in total. The first kappa shape index (κ1) is 14.9. The van der Waals surface area contributed by atoms with Crippen LogP contribution in [0.4, 0.5) is 0 Å². The largest absolute Gasteiger partial charge is 0.380 e. The van der Waals surface area contributed by atoms with Crippen LogP contribution >= 0.6 is 11.8 Å². The Bertz CT molecular complexity index is 366. The van der Waals surface area contributed by atoms with E-state index in [4.69, 9.17) is 4.74 Å². The molecule has 0 aliphatic heterocycles. The molecule has 1 N–H and O–H groups in total. The first-order valence-corrected chi connectivity index (χ1v) is 8.30. The second-order valence-electron chi connectivity index (χ2n) is 5.16. The van der Waals surface area contributed by atoms with E-state index in [0.717, 1.165) is 11.8 Å². The van der Waals surface area contributed by atoms with Gasteiger partial charge in [0.15, 0.2) is 0 Å². The summed E-state index contributed by atoms with van der Waals surface area (Å²) in [6, 6.07) is 9.43. The number of rotatable bonds is 7. The lowest BCUT2D eigenvalue weighted by Gasteiger charge is -2.20. The minimum absolute atomic E-state index is 0.698. The van der Waals surface area contributed by atoms with Gasteiger partial charge in [-0.15, -0.1) is 0 Å². The Labute approximate surface area is 121 Å². The van der Waals surface area contributed by atoms with Gasteiger partial charge in [0, 0.05) is 24.9 Å². The lowest BCUT2D eigenvalue weighted by Crippen LogP contribution is -2.33. The maximum Gasteiger partial charge on any atom is 0.0713 e. The Morgan fingerprint density at radius 3 is 2.63 bits per heavy atom. The highest BCUT2D eigenvalue weighted by Gasteiger charge is 2.26. The first-order chi connectivity index (χ1) is 9.33. The van der Waals surface area contributed by atoms with Gasteiger partial charge in [0.25, 0.3) is 0 Å². The molecule has 0 radical (unpaired) electrons. The van der Waals surface area contributed by atoms with Crippen molar-refractivity contribution in [1.29, 1.82) is 0 Å². The van der Waals surface area contributed by atoms with Crippen molar-refractivity contribution in [2.24, 2.45) is 0 Å². The number of benzene rings is 1. The Morgan fingerprint density at radius 2 is 1.95 bits per heavy atom. The first-order valence-electron chi connectivity index (χ1n) is 7.25. The van der Waals surface area contributed by atoms with Crippen LogP contribution in [0.2, 0.25) is 0 Å². The third-order valence-corrected chi connectivity index (χ3v) is 5.06. The lowest BCUT2D eigenvalue weighted by atomic mass is 10.1. The molecule has 0 saturated heterocycles. The highest BCUT2D eigenvalue weighted by molar-refractivity contribution is 7.99. The minimum Gasteiger partial charge on any atom is -0.380 e. The quantitative estimate of drug-likeness (QED) is 0.824. The van der Waals surface area contributed by atoms with Gasteiger partial charge in [-0.2, -0.15) is 11.8 Å². The molecule has 0 heterocycles. The van der Waals surface area contributed by atoms with E-state index in [1.54, 1.807) is 7.11 Å². The fraction of sp³-hybridized carbons (Fsp3) is 0.625. The van der Waals surface area contributed by atoms with Gasteiger partial charge in [-0.1, -0.05) is 37.6 Å². The highest BCUT2D eigenvalue weighted by atomic mass is 32.2. The average molecular weight is 279 g/mol. The molecule has 2 rings (SSSR count). The molecule has 1 aliphatic rings. The van der Waals surface area contributed by atoms with E-state index < -0.39 is 0 Å². The molecule has 106 valence electrons. The van der Waals surface area contributed by atoms with Gasteiger partial charge < -0.3 is 10.1 Å². The van der Waals surface area contributed by atoms with Crippen molar-refractivity contribution in [3.8, 4) is 0 Å². The second-order valence-corrected chi connectivity index (χ2v) is 6.68. The zero-order chi connectivity index (χ0) is 13.5. The van der Waals surface area contributed by atoms with Gasteiger partial charge >= 0.3 is 0 Å². The summed E-state index contributed by atoms with van der Waals surface area (Å²) in [6.45, 7) is 3.94. The van der Waals surface area contributed by atoms with Crippen LogP contribution in [0.15, 0.2) is 24.3 Å². The molecule has 2 atom stereocenters. The van der Waals surface area contributed by atoms with Crippen molar-refractivity contribution in [3.63, 3.8) is 0 Å². The predicted molar refractivity (Wildman–Crippen MR) is 83.6 cm³/mol. The van der Waals surface area contributed by atoms with E-state index in [1.807, 2.05) is 0 Å². The smallest absolute Gasteiger partial charge is 0.0713 e. The molecule has 1 saturated carbocycles.